The van der Waals surface area contributed by atoms with Crippen LogP contribution in [0.25, 0.3) is 0 Å². The number of rotatable bonds is 6. The molecule has 0 spiro atoms. The minimum Gasteiger partial charge on any atom is -0.533 e. The number of anilines is 1. The van der Waals surface area contributed by atoms with E-state index in [2.05, 4.69) is 0 Å². The van der Waals surface area contributed by atoms with E-state index in [9.17, 15) is 23.4 Å². The average molecular weight is 486 g/mol. The first-order valence-electron chi connectivity index (χ1n) is 10.2. The molecule has 3 rings (SSSR count). The maximum atomic E-state index is 12.4. The highest BCUT2D eigenvalue weighted by Gasteiger charge is 2.52. The van der Waals surface area contributed by atoms with Crippen molar-refractivity contribution in [1.82, 2.24) is 0 Å². The van der Waals surface area contributed by atoms with Crippen molar-refractivity contribution in [2.45, 2.75) is 25.8 Å². The molecule has 0 saturated heterocycles. The van der Waals surface area contributed by atoms with Gasteiger partial charge in [-0.2, -0.15) is 4.31 Å². The summed E-state index contributed by atoms with van der Waals surface area (Å²) in [5.74, 6) is -0.232. The Morgan fingerprint density at radius 3 is 1.79 bits per heavy atom. The lowest BCUT2D eigenvalue weighted by Gasteiger charge is -2.43. The third-order valence-corrected chi connectivity index (χ3v) is 11.3. The maximum absolute atomic E-state index is 12.4. The Morgan fingerprint density at radius 1 is 0.909 bits per heavy atom. The number of phenols is 1. The van der Waals surface area contributed by atoms with Gasteiger partial charge in [0, 0.05) is 6.07 Å². The standard InChI is InChI=1S/C24H27NO6SSi/c1-24(2,3)33(19-11-7-5-8-12-19,20-13-9-6-10-14-20)31-22-16-15-18(26)17-21(22)25(23(27)28)32(4,29)30/h5-17,26H,1-4H3,(H,27,28). The molecule has 3 aromatic rings. The van der Waals surface area contributed by atoms with Crippen LogP contribution in [0, 0.1) is 0 Å². The van der Waals surface area contributed by atoms with E-state index in [4.69, 9.17) is 4.43 Å². The van der Waals surface area contributed by atoms with Crippen LogP contribution in [0.2, 0.25) is 5.04 Å². The van der Waals surface area contributed by atoms with Gasteiger partial charge in [0.1, 0.15) is 17.2 Å². The minimum absolute atomic E-state index is 0.0509. The predicted octanol–water partition coefficient (Wildman–Crippen LogP) is 3.78. The molecule has 0 atom stereocenters. The molecule has 9 heteroatoms. The minimum atomic E-state index is -4.22. The summed E-state index contributed by atoms with van der Waals surface area (Å²) in [7, 11) is -7.39. The molecule has 2 N–H and O–H groups in total. The monoisotopic (exact) mass is 485 g/mol. The van der Waals surface area contributed by atoms with Gasteiger partial charge in [-0.05, 0) is 27.5 Å². The molecular weight excluding hydrogens is 458 g/mol. The van der Waals surface area contributed by atoms with E-state index in [0.717, 1.165) is 22.7 Å². The lowest BCUT2D eigenvalue weighted by molar-refractivity contribution is 0.206. The van der Waals surface area contributed by atoms with Crippen molar-refractivity contribution in [1.29, 1.82) is 0 Å². The number of aromatic hydroxyl groups is 1. The van der Waals surface area contributed by atoms with E-state index in [0.29, 0.717) is 0 Å². The van der Waals surface area contributed by atoms with Crippen LogP contribution < -0.4 is 19.1 Å². The van der Waals surface area contributed by atoms with Crippen LogP contribution in [0.3, 0.4) is 0 Å². The van der Waals surface area contributed by atoms with Gasteiger partial charge in [-0.3, -0.25) is 0 Å². The largest absolute Gasteiger partial charge is 0.533 e. The van der Waals surface area contributed by atoms with E-state index >= 15 is 0 Å². The van der Waals surface area contributed by atoms with Gasteiger partial charge in [-0.1, -0.05) is 81.4 Å². The first-order valence-corrected chi connectivity index (χ1v) is 14.0. The van der Waals surface area contributed by atoms with E-state index in [1.54, 1.807) is 0 Å². The van der Waals surface area contributed by atoms with E-state index < -0.39 is 29.5 Å². The molecule has 7 nitrogen and oxygen atoms in total. The summed E-state index contributed by atoms with van der Waals surface area (Å²) >= 11 is 0. The second-order valence-electron chi connectivity index (χ2n) is 8.73. The number of phenolic OH excluding ortho intramolecular Hbond substituents is 1. The quantitative estimate of drug-likeness (QED) is 0.515. The second kappa shape index (κ2) is 8.91. The Morgan fingerprint density at radius 2 is 1.39 bits per heavy atom. The van der Waals surface area contributed by atoms with Crippen LogP contribution in [0.15, 0.2) is 78.9 Å². The highest BCUT2D eigenvalue weighted by molar-refractivity contribution is 7.92. The lowest BCUT2D eigenvalue weighted by Crippen LogP contribution is -2.69. The third kappa shape index (κ3) is 4.74. The second-order valence-corrected chi connectivity index (χ2v) is 14.8. The Kier molecular flexibility index (Phi) is 6.57. The molecule has 0 aliphatic rings. The molecule has 33 heavy (non-hydrogen) atoms. The SMILES string of the molecule is CC(C)(C)[Si](Oc1ccc(O)cc1N(C(=O)O)S(C)(=O)=O)(c1ccccc1)c1ccccc1. The van der Waals surface area contributed by atoms with E-state index in [1.807, 2.05) is 81.4 Å². The van der Waals surface area contributed by atoms with Gasteiger partial charge in [0.05, 0.1) is 6.26 Å². The Balaban J connectivity index is 2.36. The van der Waals surface area contributed by atoms with Gasteiger partial charge >= 0.3 is 14.4 Å². The summed E-state index contributed by atoms with van der Waals surface area (Å²) in [5, 5.41) is 21.2. The van der Waals surface area contributed by atoms with Crippen LogP contribution in [-0.4, -0.2) is 39.3 Å². The molecule has 0 heterocycles. The zero-order valence-electron chi connectivity index (χ0n) is 18.9. The molecule has 0 aromatic heterocycles. The van der Waals surface area contributed by atoms with Crippen molar-refractivity contribution in [2.24, 2.45) is 0 Å². The van der Waals surface area contributed by atoms with Crippen LogP contribution in [0.5, 0.6) is 11.5 Å². The summed E-state index contributed by atoms with van der Waals surface area (Å²) < 4.78 is 31.7. The van der Waals surface area contributed by atoms with Crippen LogP contribution in [0.1, 0.15) is 20.8 Å². The van der Waals surface area contributed by atoms with Gasteiger partial charge in [-0.25, -0.2) is 13.2 Å². The molecule has 0 aliphatic carbocycles. The van der Waals surface area contributed by atoms with Gasteiger partial charge in [-0.15, -0.1) is 0 Å². The van der Waals surface area contributed by atoms with Crippen LogP contribution >= 0.6 is 0 Å². The molecule has 1 amide bonds. The van der Waals surface area contributed by atoms with Crippen molar-refractivity contribution < 1.29 is 27.9 Å². The lowest BCUT2D eigenvalue weighted by atomic mass is 10.2. The fraction of sp³-hybridized carbons (Fsp3) is 0.208. The van der Waals surface area contributed by atoms with Crippen molar-refractivity contribution in [3.05, 3.63) is 78.9 Å². The highest BCUT2D eigenvalue weighted by atomic mass is 32.2. The maximum Gasteiger partial charge on any atom is 0.426 e. The summed E-state index contributed by atoms with van der Waals surface area (Å²) in [5.41, 5.74) is -0.266. The number of hydrogen-bond acceptors (Lipinski definition) is 5. The Bertz CT molecular complexity index is 1200. The zero-order valence-corrected chi connectivity index (χ0v) is 20.7. The molecule has 3 aromatic carbocycles. The molecule has 0 bridgehead atoms. The number of hydrogen-bond donors (Lipinski definition) is 2. The van der Waals surface area contributed by atoms with Gasteiger partial charge in [0.25, 0.3) is 0 Å². The van der Waals surface area contributed by atoms with E-state index in [-0.39, 0.29) is 21.5 Å². The van der Waals surface area contributed by atoms with E-state index in [1.165, 1.54) is 12.1 Å². The van der Waals surface area contributed by atoms with Crippen LogP contribution in [0.4, 0.5) is 10.5 Å². The fourth-order valence-corrected chi connectivity index (χ4v) is 9.21. The smallest absolute Gasteiger partial charge is 0.426 e. The summed E-state index contributed by atoms with van der Waals surface area (Å²) in [4.78, 5) is 11.9. The third-order valence-electron chi connectivity index (χ3n) is 5.35. The molecule has 0 aliphatic heterocycles. The van der Waals surface area contributed by atoms with Crippen molar-refractivity contribution in [3.63, 3.8) is 0 Å². The Hall–Kier alpha value is -3.30. The normalized spacial score (nSPS) is 12.2. The number of benzene rings is 3. The van der Waals surface area contributed by atoms with Gasteiger partial charge < -0.3 is 14.6 Å². The molecule has 0 fully saturated rings. The molecule has 0 saturated carbocycles. The molecule has 174 valence electrons. The van der Waals surface area contributed by atoms with Crippen LogP contribution in [-0.2, 0) is 10.0 Å². The molecule has 0 unspecified atom stereocenters. The van der Waals surface area contributed by atoms with Crippen molar-refractivity contribution in [3.8, 4) is 11.5 Å². The highest BCUT2D eigenvalue weighted by Crippen LogP contribution is 2.41. The number of carbonyl (C=O) groups is 1. The summed E-state index contributed by atoms with van der Waals surface area (Å²) in [6, 6.07) is 23.2. The summed E-state index contributed by atoms with van der Waals surface area (Å²) in [6.07, 6.45) is -0.909. The van der Waals surface area contributed by atoms with Crippen molar-refractivity contribution >= 4 is 40.5 Å². The first kappa shape index (κ1) is 24.3. The predicted molar refractivity (Wildman–Crippen MR) is 132 cm³/mol. The Labute approximate surface area is 195 Å². The van der Waals surface area contributed by atoms with Gasteiger partial charge in [0.2, 0.25) is 10.0 Å². The molecular formula is C24H27NO6SSi. The summed E-state index contributed by atoms with van der Waals surface area (Å²) in [6.45, 7) is 6.14. The number of sulfonamides is 1. The van der Waals surface area contributed by atoms with Gasteiger partial charge in [0.15, 0.2) is 0 Å². The van der Waals surface area contributed by atoms with Crippen molar-refractivity contribution in [2.75, 3.05) is 10.6 Å². The average Bonchev–Trinajstić information content (AvgIpc) is 2.72. The first-order chi connectivity index (χ1) is 15.4. The molecule has 0 radical (unpaired) electrons. The fourth-order valence-electron chi connectivity index (χ4n) is 3.99. The number of carboxylic acid groups (broad SMARTS) is 1. The number of nitrogens with zero attached hydrogens (tertiary/aromatic N) is 1. The topological polar surface area (TPSA) is 104 Å². The number of amides is 1. The zero-order chi connectivity index (χ0) is 24.4.